The molecule has 0 saturated heterocycles. The van der Waals surface area contributed by atoms with Gasteiger partial charge in [0.15, 0.2) is 5.78 Å². The van der Waals surface area contributed by atoms with Gasteiger partial charge in [0.05, 0.1) is 23.2 Å². The second-order valence-electron chi connectivity index (χ2n) is 10.3. The van der Waals surface area contributed by atoms with Crippen molar-refractivity contribution in [3.05, 3.63) is 117 Å². The van der Waals surface area contributed by atoms with Crippen molar-refractivity contribution in [3.63, 3.8) is 0 Å². The van der Waals surface area contributed by atoms with Gasteiger partial charge >= 0.3 is 0 Å². The fourth-order valence-electron chi connectivity index (χ4n) is 5.74. The molecule has 3 aromatic carbocycles. The van der Waals surface area contributed by atoms with E-state index in [-0.39, 0.29) is 5.78 Å². The Morgan fingerprint density at radius 3 is 2.37 bits per heavy atom. The van der Waals surface area contributed by atoms with E-state index < -0.39 is 5.92 Å². The normalized spacial score (nSPS) is 17.5. The summed E-state index contributed by atoms with van der Waals surface area (Å²) in [5.41, 5.74) is 16.7. The number of carbonyl (C=O) groups is 1. The zero-order valence-electron chi connectivity index (χ0n) is 22.5. The van der Waals surface area contributed by atoms with Crippen LogP contribution in [0.1, 0.15) is 58.6 Å². The molecule has 1 aliphatic carbocycles. The van der Waals surface area contributed by atoms with Gasteiger partial charge in [0, 0.05) is 28.3 Å². The number of nitriles is 1. The van der Waals surface area contributed by atoms with E-state index >= 15 is 0 Å². The van der Waals surface area contributed by atoms with Gasteiger partial charge in [-0.05, 0) is 86.1 Å². The number of thioether (sulfide) groups is 1. The van der Waals surface area contributed by atoms with Crippen molar-refractivity contribution in [2.24, 2.45) is 5.73 Å². The van der Waals surface area contributed by atoms with Gasteiger partial charge in [0.25, 0.3) is 0 Å². The first-order valence-corrected chi connectivity index (χ1v) is 14.1. The fraction of sp³-hybridized carbons (Fsp3) is 0.273. The van der Waals surface area contributed by atoms with Crippen LogP contribution < -0.4 is 10.6 Å². The van der Waals surface area contributed by atoms with Gasteiger partial charge in [-0.3, -0.25) is 9.69 Å². The van der Waals surface area contributed by atoms with Gasteiger partial charge < -0.3 is 5.73 Å². The molecular formula is C33H33N3OS. The van der Waals surface area contributed by atoms with E-state index in [0.29, 0.717) is 17.8 Å². The second kappa shape index (κ2) is 10.6. The number of rotatable bonds is 5. The van der Waals surface area contributed by atoms with E-state index in [1.54, 1.807) is 0 Å². The SMILES string of the molecule is Cc1cc(C)c(C2C(C#N)=C(N)N(c3ccccc3C)C3=C2C(=O)CCC3)cc1CSc1ccccc1C. The van der Waals surface area contributed by atoms with E-state index in [2.05, 4.69) is 63.2 Å². The predicted molar refractivity (Wildman–Crippen MR) is 156 cm³/mol. The third kappa shape index (κ3) is 4.54. The molecule has 0 saturated carbocycles. The summed E-state index contributed by atoms with van der Waals surface area (Å²) in [6.07, 6.45) is 2.04. The van der Waals surface area contributed by atoms with Gasteiger partial charge in [0.1, 0.15) is 5.82 Å². The van der Waals surface area contributed by atoms with Gasteiger partial charge in [-0.15, -0.1) is 11.8 Å². The van der Waals surface area contributed by atoms with Crippen molar-refractivity contribution in [1.82, 2.24) is 0 Å². The number of Topliss-reactive ketones (excluding diaryl/α,β-unsaturated/α-hetero) is 1. The van der Waals surface area contributed by atoms with Crippen LogP contribution in [0.5, 0.6) is 0 Å². The standard InChI is InChI=1S/C33H33N3OS/c1-20-10-5-7-12-27(20)36-28-13-9-14-29(37)32(28)31(26(18-34)33(36)35)25-17-24(22(3)16-23(25)4)19-38-30-15-8-6-11-21(30)2/h5-8,10-12,15-17,31H,9,13-14,19,35H2,1-4H3. The van der Waals surface area contributed by atoms with Crippen molar-refractivity contribution < 1.29 is 4.79 Å². The monoisotopic (exact) mass is 519 g/mol. The quantitative estimate of drug-likeness (QED) is 0.353. The predicted octanol–water partition coefficient (Wildman–Crippen LogP) is 7.52. The summed E-state index contributed by atoms with van der Waals surface area (Å²) in [5.74, 6) is 0.903. The van der Waals surface area contributed by atoms with Crippen molar-refractivity contribution in [2.75, 3.05) is 4.90 Å². The number of ketones is 1. The molecule has 192 valence electrons. The van der Waals surface area contributed by atoms with E-state index in [1.165, 1.54) is 21.6 Å². The summed E-state index contributed by atoms with van der Waals surface area (Å²) in [5, 5.41) is 10.4. The Hall–Kier alpha value is -3.75. The lowest BCUT2D eigenvalue weighted by molar-refractivity contribution is -0.116. The molecule has 3 aromatic rings. The highest BCUT2D eigenvalue weighted by molar-refractivity contribution is 7.98. The highest BCUT2D eigenvalue weighted by Crippen LogP contribution is 2.48. The number of para-hydroxylation sites is 1. The minimum atomic E-state index is -0.453. The van der Waals surface area contributed by atoms with E-state index in [9.17, 15) is 10.1 Å². The molecule has 38 heavy (non-hydrogen) atoms. The molecule has 1 atom stereocenters. The van der Waals surface area contributed by atoms with Gasteiger partial charge in [-0.2, -0.15) is 5.26 Å². The van der Waals surface area contributed by atoms with Crippen molar-refractivity contribution in [2.45, 2.75) is 63.5 Å². The number of allylic oxidation sites excluding steroid dienone is 3. The fourth-order valence-corrected chi connectivity index (χ4v) is 6.84. The maximum Gasteiger partial charge on any atom is 0.161 e. The lowest BCUT2D eigenvalue weighted by Gasteiger charge is -2.40. The van der Waals surface area contributed by atoms with Crippen LogP contribution in [0.25, 0.3) is 0 Å². The van der Waals surface area contributed by atoms with Crippen LogP contribution in [-0.2, 0) is 10.5 Å². The zero-order chi connectivity index (χ0) is 27.0. The molecule has 0 spiro atoms. The minimum Gasteiger partial charge on any atom is -0.384 e. The molecule has 1 heterocycles. The molecule has 2 aliphatic rings. The molecule has 1 aliphatic heterocycles. The average Bonchev–Trinajstić information content (AvgIpc) is 2.89. The molecule has 4 nitrogen and oxygen atoms in total. The van der Waals surface area contributed by atoms with E-state index in [0.717, 1.165) is 52.2 Å². The van der Waals surface area contributed by atoms with Crippen molar-refractivity contribution >= 4 is 23.2 Å². The smallest absolute Gasteiger partial charge is 0.161 e. The molecule has 1 unspecified atom stereocenters. The van der Waals surface area contributed by atoms with Gasteiger partial charge in [-0.1, -0.05) is 48.5 Å². The third-order valence-corrected chi connectivity index (χ3v) is 9.01. The maximum absolute atomic E-state index is 13.6. The highest BCUT2D eigenvalue weighted by atomic mass is 32.2. The van der Waals surface area contributed by atoms with Crippen LogP contribution in [0.2, 0.25) is 0 Å². The summed E-state index contributed by atoms with van der Waals surface area (Å²) in [4.78, 5) is 16.8. The molecular weight excluding hydrogens is 486 g/mol. The summed E-state index contributed by atoms with van der Waals surface area (Å²) >= 11 is 1.82. The molecule has 0 amide bonds. The molecule has 5 rings (SSSR count). The number of benzene rings is 3. The van der Waals surface area contributed by atoms with Crippen molar-refractivity contribution in [3.8, 4) is 6.07 Å². The number of nitrogens with zero attached hydrogens (tertiary/aromatic N) is 2. The highest BCUT2D eigenvalue weighted by Gasteiger charge is 2.41. The number of hydrogen-bond acceptors (Lipinski definition) is 5. The Kier molecular flexibility index (Phi) is 7.19. The lowest BCUT2D eigenvalue weighted by atomic mass is 9.74. The number of anilines is 1. The number of aryl methyl sites for hydroxylation is 4. The molecule has 2 N–H and O–H groups in total. The summed E-state index contributed by atoms with van der Waals surface area (Å²) in [7, 11) is 0. The Balaban J connectivity index is 1.65. The molecule has 0 fully saturated rings. The molecule has 0 aromatic heterocycles. The van der Waals surface area contributed by atoms with Crippen LogP contribution >= 0.6 is 11.8 Å². The molecule has 5 heteroatoms. The lowest BCUT2D eigenvalue weighted by Crippen LogP contribution is -2.39. The van der Waals surface area contributed by atoms with Crippen LogP contribution in [0.4, 0.5) is 5.69 Å². The largest absolute Gasteiger partial charge is 0.384 e. The summed E-state index contributed by atoms with van der Waals surface area (Å²) in [6, 6.07) is 23.3. The summed E-state index contributed by atoms with van der Waals surface area (Å²) in [6.45, 7) is 8.38. The Morgan fingerprint density at radius 1 is 0.947 bits per heavy atom. The first-order valence-electron chi connectivity index (χ1n) is 13.1. The Bertz CT molecular complexity index is 1540. The van der Waals surface area contributed by atoms with Gasteiger partial charge in [-0.25, -0.2) is 0 Å². The third-order valence-electron chi connectivity index (χ3n) is 7.78. The topological polar surface area (TPSA) is 70.1 Å². The van der Waals surface area contributed by atoms with Crippen molar-refractivity contribution in [1.29, 1.82) is 5.26 Å². The van der Waals surface area contributed by atoms with Gasteiger partial charge in [0.2, 0.25) is 0 Å². The Labute approximate surface area is 229 Å². The number of carbonyl (C=O) groups excluding carboxylic acids is 1. The van der Waals surface area contributed by atoms with Crippen LogP contribution in [-0.4, -0.2) is 5.78 Å². The molecule has 0 bridgehead atoms. The number of hydrogen-bond donors (Lipinski definition) is 1. The Morgan fingerprint density at radius 2 is 1.66 bits per heavy atom. The summed E-state index contributed by atoms with van der Waals surface area (Å²) < 4.78 is 0. The second-order valence-corrected chi connectivity index (χ2v) is 11.3. The molecule has 0 radical (unpaired) electrons. The van der Waals surface area contributed by atoms with Crippen LogP contribution in [0, 0.1) is 39.0 Å². The maximum atomic E-state index is 13.6. The average molecular weight is 520 g/mol. The number of nitrogens with two attached hydrogens (primary N) is 1. The van der Waals surface area contributed by atoms with E-state index in [4.69, 9.17) is 5.73 Å². The first-order chi connectivity index (χ1) is 18.3. The van der Waals surface area contributed by atoms with Crippen LogP contribution in [0.15, 0.2) is 88.2 Å². The zero-order valence-corrected chi connectivity index (χ0v) is 23.3. The minimum absolute atomic E-state index is 0.117. The van der Waals surface area contributed by atoms with Crippen LogP contribution in [0.3, 0.4) is 0 Å². The first kappa shape index (κ1) is 25.9. The van der Waals surface area contributed by atoms with E-state index in [1.807, 2.05) is 47.9 Å².